The molecule has 0 aliphatic rings. The molecule has 1 rings (SSSR count). The lowest BCUT2D eigenvalue weighted by atomic mass is 10.1. The van der Waals surface area contributed by atoms with Gasteiger partial charge in [0.05, 0.1) is 5.75 Å². The van der Waals surface area contributed by atoms with Gasteiger partial charge in [-0.25, -0.2) is 13.1 Å². The third-order valence-electron chi connectivity index (χ3n) is 3.31. The third-order valence-corrected chi connectivity index (χ3v) is 4.62. The molecule has 0 saturated heterocycles. The third kappa shape index (κ3) is 5.47. The summed E-state index contributed by atoms with van der Waals surface area (Å²) in [5.74, 6) is -1.25. The fraction of sp³-hybridized carbons (Fsp3) is 0.533. The van der Waals surface area contributed by atoms with Crippen LogP contribution in [-0.2, 0) is 20.6 Å². The summed E-state index contributed by atoms with van der Waals surface area (Å²) in [6, 6.07) is 4.48. The van der Waals surface area contributed by atoms with Crippen LogP contribution >= 0.6 is 0 Å². The smallest absolute Gasteiger partial charge is 0.321 e. The summed E-state index contributed by atoms with van der Waals surface area (Å²) in [5.41, 5.74) is 2.49. The molecule has 6 heteroatoms. The van der Waals surface area contributed by atoms with Gasteiger partial charge in [-0.05, 0) is 42.9 Å². The standard InChI is InChI=1S/C15H23NO4S/c1-10(2)8-14(15(17)18)16-21(19,20)9-13-11(3)6-5-7-12(13)4/h5-7,10,14,16H,8-9H2,1-4H3,(H,17,18). The summed E-state index contributed by atoms with van der Waals surface area (Å²) in [7, 11) is -3.70. The quantitative estimate of drug-likeness (QED) is 0.808. The molecule has 0 heterocycles. The number of aliphatic carboxylic acids is 1. The van der Waals surface area contributed by atoms with Crippen molar-refractivity contribution in [2.75, 3.05) is 0 Å². The first-order chi connectivity index (χ1) is 9.62. The van der Waals surface area contributed by atoms with Crippen molar-refractivity contribution in [1.29, 1.82) is 0 Å². The molecule has 21 heavy (non-hydrogen) atoms. The zero-order valence-electron chi connectivity index (χ0n) is 12.9. The Morgan fingerprint density at radius 3 is 2.19 bits per heavy atom. The lowest BCUT2D eigenvalue weighted by molar-refractivity contribution is -0.139. The van der Waals surface area contributed by atoms with Crippen LogP contribution < -0.4 is 4.72 Å². The molecule has 5 nitrogen and oxygen atoms in total. The van der Waals surface area contributed by atoms with Crippen LogP contribution in [0.15, 0.2) is 18.2 Å². The summed E-state index contributed by atoms with van der Waals surface area (Å²) < 4.78 is 26.8. The summed E-state index contributed by atoms with van der Waals surface area (Å²) in [4.78, 5) is 11.2. The average molecular weight is 313 g/mol. The number of carboxylic acids is 1. The van der Waals surface area contributed by atoms with Crippen LogP contribution in [0.5, 0.6) is 0 Å². The van der Waals surface area contributed by atoms with Gasteiger partial charge < -0.3 is 5.11 Å². The van der Waals surface area contributed by atoms with Crippen molar-refractivity contribution in [3.05, 3.63) is 34.9 Å². The summed E-state index contributed by atoms with van der Waals surface area (Å²) in [5, 5.41) is 9.13. The second kappa shape index (κ2) is 7.04. The van der Waals surface area contributed by atoms with E-state index in [1.165, 1.54) is 0 Å². The van der Waals surface area contributed by atoms with Crippen molar-refractivity contribution >= 4 is 16.0 Å². The van der Waals surface area contributed by atoms with Gasteiger partial charge >= 0.3 is 5.97 Å². The second-order valence-corrected chi connectivity index (χ2v) is 7.52. The van der Waals surface area contributed by atoms with Gasteiger partial charge in [-0.15, -0.1) is 0 Å². The Morgan fingerprint density at radius 2 is 1.76 bits per heavy atom. The van der Waals surface area contributed by atoms with E-state index in [4.69, 9.17) is 5.11 Å². The van der Waals surface area contributed by atoms with E-state index in [1.807, 2.05) is 45.9 Å². The van der Waals surface area contributed by atoms with Crippen LogP contribution in [0.3, 0.4) is 0 Å². The van der Waals surface area contributed by atoms with Crippen molar-refractivity contribution < 1.29 is 18.3 Å². The molecular weight excluding hydrogens is 290 g/mol. The Labute approximate surface area is 126 Å². The van der Waals surface area contributed by atoms with E-state index < -0.39 is 22.0 Å². The van der Waals surface area contributed by atoms with Crippen LogP contribution in [0.1, 0.15) is 37.0 Å². The minimum absolute atomic E-state index is 0.0917. The number of carboxylic acid groups (broad SMARTS) is 1. The molecule has 0 spiro atoms. The first-order valence-electron chi connectivity index (χ1n) is 6.90. The molecule has 0 fully saturated rings. The summed E-state index contributed by atoms with van der Waals surface area (Å²) >= 11 is 0. The number of hydrogen-bond donors (Lipinski definition) is 2. The van der Waals surface area contributed by atoms with Gasteiger partial charge in [0.2, 0.25) is 10.0 Å². The Hall–Kier alpha value is -1.40. The number of sulfonamides is 1. The zero-order valence-corrected chi connectivity index (χ0v) is 13.7. The molecule has 1 aromatic rings. The number of nitrogens with one attached hydrogen (secondary N) is 1. The molecule has 0 aliphatic heterocycles. The Morgan fingerprint density at radius 1 is 1.24 bits per heavy atom. The minimum Gasteiger partial charge on any atom is -0.480 e. The Kier molecular flexibility index (Phi) is 5.92. The van der Waals surface area contributed by atoms with E-state index in [9.17, 15) is 13.2 Å². The van der Waals surface area contributed by atoms with Gasteiger partial charge in [0, 0.05) is 0 Å². The van der Waals surface area contributed by atoms with Gasteiger partial charge in [-0.2, -0.15) is 0 Å². The predicted molar refractivity (Wildman–Crippen MR) is 82.6 cm³/mol. The van der Waals surface area contributed by atoms with Gasteiger partial charge in [0.15, 0.2) is 0 Å². The number of carbonyl (C=O) groups is 1. The Bertz CT molecular complexity index is 588. The molecule has 1 unspecified atom stereocenters. The minimum atomic E-state index is -3.70. The lowest BCUT2D eigenvalue weighted by Gasteiger charge is -2.17. The highest BCUT2D eigenvalue weighted by molar-refractivity contribution is 7.88. The number of benzene rings is 1. The van der Waals surface area contributed by atoms with Crippen LogP contribution in [0, 0.1) is 19.8 Å². The zero-order chi connectivity index (χ0) is 16.2. The Balaban J connectivity index is 2.93. The van der Waals surface area contributed by atoms with E-state index in [0.29, 0.717) is 0 Å². The normalized spacial score (nSPS) is 13.4. The van der Waals surface area contributed by atoms with E-state index >= 15 is 0 Å². The highest BCUT2D eigenvalue weighted by Crippen LogP contribution is 2.17. The van der Waals surface area contributed by atoms with Gasteiger partial charge in [-0.1, -0.05) is 32.0 Å². The van der Waals surface area contributed by atoms with Gasteiger partial charge in [-0.3, -0.25) is 4.79 Å². The summed E-state index contributed by atoms with van der Waals surface area (Å²) in [6.07, 6.45) is 0.265. The van der Waals surface area contributed by atoms with E-state index in [2.05, 4.69) is 4.72 Å². The highest BCUT2D eigenvalue weighted by atomic mass is 32.2. The van der Waals surface area contributed by atoms with Crippen LogP contribution in [0.25, 0.3) is 0 Å². The molecule has 0 amide bonds. The molecular formula is C15H23NO4S. The fourth-order valence-corrected chi connectivity index (χ4v) is 3.75. The number of aryl methyl sites for hydroxylation is 2. The molecule has 2 N–H and O–H groups in total. The van der Waals surface area contributed by atoms with Gasteiger partial charge in [0.25, 0.3) is 0 Å². The van der Waals surface area contributed by atoms with E-state index in [0.717, 1.165) is 16.7 Å². The second-order valence-electron chi connectivity index (χ2n) is 5.77. The van der Waals surface area contributed by atoms with Crippen molar-refractivity contribution in [2.24, 2.45) is 5.92 Å². The van der Waals surface area contributed by atoms with Gasteiger partial charge in [0.1, 0.15) is 6.04 Å². The molecule has 118 valence electrons. The molecule has 0 aliphatic carbocycles. The molecule has 1 atom stereocenters. The largest absolute Gasteiger partial charge is 0.480 e. The highest BCUT2D eigenvalue weighted by Gasteiger charge is 2.25. The van der Waals surface area contributed by atoms with Crippen molar-refractivity contribution in [3.63, 3.8) is 0 Å². The first-order valence-corrected chi connectivity index (χ1v) is 8.55. The molecule has 0 saturated carbocycles. The number of hydrogen-bond acceptors (Lipinski definition) is 3. The monoisotopic (exact) mass is 313 g/mol. The SMILES string of the molecule is Cc1cccc(C)c1CS(=O)(=O)NC(CC(C)C)C(=O)O. The molecule has 1 aromatic carbocycles. The lowest BCUT2D eigenvalue weighted by Crippen LogP contribution is -2.42. The fourth-order valence-electron chi connectivity index (χ4n) is 2.20. The van der Waals surface area contributed by atoms with Crippen LogP contribution in [0.2, 0.25) is 0 Å². The predicted octanol–water partition coefficient (Wildman–Crippen LogP) is 2.22. The average Bonchev–Trinajstić information content (AvgIpc) is 2.32. The molecule has 0 aromatic heterocycles. The first kappa shape index (κ1) is 17.7. The number of rotatable bonds is 7. The van der Waals surface area contributed by atoms with Crippen molar-refractivity contribution in [1.82, 2.24) is 4.72 Å². The summed E-state index contributed by atoms with van der Waals surface area (Å²) in [6.45, 7) is 7.41. The maximum atomic E-state index is 12.2. The molecule has 0 radical (unpaired) electrons. The maximum Gasteiger partial charge on any atom is 0.321 e. The molecule has 0 bridgehead atoms. The maximum absolute atomic E-state index is 12.2. The van der Waals surface area contributed by atoms with Crippen LogP contribution in [0.4, 0.5) is 0 Å². The van der Waals surface area contributed by atoms with Crippen molar-refractivity contribution in [2.45, 2.75) is 45.9 Å². The topological polar surface area (TPSA) is 83.5 Å². The van der Waals surface area contributed by atoms with Crippen molar-refractivity contribution in [3.8, 4) is 0 Å². The van der Waals surface area contributed by atoms with E-state index in [1.54, 1.807) is 0 Å². The van der Waals surface area contributed by atoms with Crippen LogP contribution in [-0.4, -0.2) is 25.5 Å². The van der Waals surface area contributed by atoms with E-state index in [-0.39, 0.29) is 18.1 Å².